The van der Waals surface area contributed by atoms with Crippen LogP contribution in [-0.4, -0.2) is 42.6 Å². The molecular weight excluding hydrogens is 273 g/mol. The second-order valence-corrected chi connectivity index (χ2v) is 7.71. The summed E-state index contributed by atoms with van der Waals surface area (Å²) in [5.41, 5.74) is 0. The molecule has 0 fully saturated rings. The van der Waals surface area contributed by atoms with Gasteiger partial charge in [0.2, 0.25) is 0 Å². The fourth-order valence-corrected chi connectivity index (χ4v) is 4.89. The minimum Gasteiger partial charge on any atom is -0.311 e. The molecule has 0 amide bonds. The first-order chi connectivity index (χ1) is 9.22. The molecule has 0 radical (unpaired) electrons. The number of hydrogen-bond donors (Lipinski definition) is 0. The third kappa shape index (κ3) is 7.03. The zero-order valence-corrected chi connectivity index (χ0v) is 15.2. The van der Waals surface area contributed by atoms with Gasteiger partial charge >= 0.3 is 7.60 Å². The van der Waals surface area contributed by atoms with Gasteiger partial charge in [-0.25, -0.2) is 0 Å². The van der Waals surface area contributed by atoms with Crippen LogP contribution in [0.3, 0.4) is 0 Å². The summed E-state index contributed by atoms with van der Waals surface area (Å²) in [5, 5.41) is 0. The van der Waals surface area contributed by atoms with Gasteiger partial charge in [-0.15, -0.1) is 0 Å². The highest BCUT2D eigenvalue weighted by Gasteiger charge is 2.38. The first kappa shape index (κ1) is 19.9. The third-order valence-electron chi connectivity index (χ3n) is 3.29. The summed E-state index contributed by atoms with van der Waals surface area (Å²) in [6.45, 7) is 16.5. The van der Waals surface area contributed by atoms with E-state index in [0.29, 0.717) is 6.29 Å². The Morgan fingerprint density at radius 3 is 1.80 bits per heavy atom. The van der Waals surface area contributed by atoms with E-state index >= 15 is 0 Å². The first-order valence-electron chi connectivity index (χ1n) is 7.64. The van der Waals surface area contributed by atoms with Crippen LogP contribution in [0, 0.1) is 0 Å². The molecule has 20 heavy (non-hydrogen) atoms. The summed E-state index contributed by atoms with van der Waals surface area (Å²) in [7, 11) is -3.09. The monoisotopic (exact) mass is 306 g/mol. The SMILES string of the molecule is C/C=C/C[N+](CC)(CC)CP(=O)(OC(C)C)OC(C)C. The van der Waals surface area contributed by atoms with Crippen LogP contribution in [-0.2, 0) is 13.6 Å². The molecule has 0 aliphatic rings. The summed E-state index contributed by atoms with van der Waals surface area (Å²) < 4.78 is 25.1. The first-order valence-corrected chi connectivity index (χ1v) is 9.37. The van der Waals surface area contributed by atoms with Gasteiger partial charge in [-0.2, -0.15) is 0 Å². The van der Waals surface area contributed by atoms with Crippen LogP contribution >= 0.6 is 7.60 Å². The van der Waals surface area contributed by atoms with Crippen molar-refractivity contribution in [2.24, 2.45) is 0 Å². The van der Waals surface area contributed by atoms with Crippen LogP contribution in [0.4, 0.5) is 0 Å². The molecule has 0 aromatic carbocycles. The predicted molar refractivity (Wildman–Crippen MR) is 85.9 cm³/mol. The Hall–Kier alpha value is -0.150. The Bertz CT molecular complexity index is 322. The van der Waals surface area contributed by atoms with E-state index in [1.165, 1.54) is 0 Å². The smallest absolute Gasteiger partial charge is 0.311 e. The highest BCUT2D eigenvalue weighted by molar-refractivity contribution is 7.53. The molecule has 0 aromatic rings. The van der Waals surface area contributed by atoms with Crippen molar-refractivity contribution in [1.29, 1.82) is 0 Å². The molecule has 4 nitrogen and oxygen atoms in total. The molecule has 0 bridgehead atoms. The summed E-state index contributed by atoms with van der Waals surface area (Å²) in [4.78, 5) is 0. The lowest BCUT2D eigenvalue weighted by molar-refractivity contribution is -0.909. The maximum Gasteiger partial charge on any atom is 0.385 e. The van der Waals surface area contributed by atoms with Crippen LogP contribution in [0.2, 0.25) is 0 Å². The van der Waals surface area contributed by atoms with Crippen LogP contribution in [0.1, 0.15) is 48.5 Å². The molecule has 0 rings (SSSR count). The van der Waals surface area contributed by atoms with Crippen molar-refractivity contribution in [3.8, 4) is 0 Å². The Labute approximate surface area is 125 Å². The van der Waals surface area contributed by atoms with Gasteiger partial charge in [0, 0.05) is 0 Å². The quantitative estimate of drug-likeness (QED) is 0.340. The lowest BCUT2D eigenvalue weighted by Crippen LogP contribution is -2.48. The number of hydrogen-bond acceptors (Lipinski definition) is 3. The van der Waals surface area contributed by atoms with E-state index in [0.717, 1.165) is 24.1 Å². The number of nitrogens with zero attached hydrogens (tertiary/aromatic N) is 1. The molecule has 0 unspecified atom stereocenters. The normalized spacial score (nSPS) is 13.8. The summed E-state index contributed by atoms with van der Waals surface area (Å²) >= 11 is 0. The molecule has 0 saturated carbocycles. The van der Waals surface area contributed by atoms with Crippen molar-refractivity contribution < 1.29 is 18.1 Å². The van der Waals surface area contributed by atoms with Gasteiger partial charge < -0.3 is 13.5 Å². The predicted octanol–water partition coefficient (Wildman–Crippen LogP) is 4.42. The number of rotatable bonds is 10. The Kier molecular flexibility index (Phi) is 8.92. The van der Waals surface area contributed by atoms with Gasteiger partial charge in [0.05, 0.1) is 31.8 Å². The van der Waals surface area contributed by atoms with Crippen molar-refractivity contribution >= 4 is 7.60 Å². The van der Waals surface area contributed by atoms with Gasteiger partial charge in [-0.3, -0.25) is 4.57 Å². The molecule has 0 heterocycles. The standard InChI is InChI=1S/C15H33NO3P/c1-8-11-12-16(9-2,10-3)13-20(17,18-14(4)5)19-15(6)7/h8,11,14-15H,9-10,12-13H2,1-7H3/q+1/b11-8+. The maximum atomic E-state index is 13.0. The Morgan fingerprint density at radius 2 is 1.50 bits per heavy atom. The summed E-state index contributed by atoms with van der Waals surface area (Å²) in [6, 6.07) is 0. The average molecular weight is 306 g/mol. The fraction of sp³-hybridized carbons (Fsp3) is 0.867. The molecule has 0 atom stereocenters. The molecular formula is C15H33NO3P+. The zero-order valence-electron chi connectivity index (χ0n) is 14.3. The number of allylic oxidation sites excluding steroid dienone is 1. The molecule has 0 aliphatic carbocycles. The van der Waals surface area contributed by atoms with E-state index in [4.69, 9.17) is 9.05 Å². The average Bonchev–Trinajstić information content (AvgIpc) is 2.32. The molecule has 0 aromatic heterocycles. The van der Waals surface area contributed by atoms with Gasteiger partial charge in [-0.05, 0) is 54.5 Å². The van der Waals surface area contributed by atoms with E-state index in [1.54, 1.807) is 0 Å². The minimum absolute atomic E-state index is 0.100. The van der Waals surface area contributed by atoms with Crippen LogP contribution in [0.25, 0.3) is 0 Å². The molecule has 0 N–H and O–H groups in total. The molecule has 0 aliphatic heterocycles. The summed E-state index contributed by atoms with van der Waals surface area (Å²) in [6.07, 6.45) is 4.40. The zero-order chi connectivity index (χ0) is 15.8. The number of quaternary nitrogens is 1. The fourth-order valence-electron chi connectivity index (χ4n) is 2.17. The van der Waals surface area contributed by atoms with Crippen LogP contribution < -0.4 is 0 Å². The Morgan fingerprint density at radius 1 is 1.05 bits per heavy atom. The van der Waals surface area contributed by atoms with Crippen LogP contribution in [0.5, 0.6) is 0 Å². The molecule has 5 heteroatoms. The Balaban J connectivity index is 5.20. The van der Waals surface area contributed by atoms with Gasteiger partial charge in [0.1, 0.15) is 0 Å². The van der Waals surface area contributed by atoms with Gasteiger partial charge in [0.15, 0.2) is 6.29 Å². The largest absolute Gasteiger partial charge is 0.385 e. The highest BCUT2D eigenvalue weighted by atomic mass is 31.2. The molecule has 0 spiro atoms. The molecule has 120 valence electrons. The van der Waals surface area contributed by atoms with E-state index in [9.17, 15) is 4.57 Å². The highest BCUT2D eigenvalue weighted by Crippen LogP contribution is 2.52. The van der Waals surface area contributed by atoms with Gasteiger partial charge in [-0.1, -0.05) is 6.08 Å². The topological polar surface area (TPSA) is 35.5 Å². The van der Waals surface area contributed by atoms with Crippen LogP contribution in [0.15, 0.2) is 12.2 Å². The summed E-state index contributed by atoms with van der Waals surface area (Å²) in [5.74, 6) is 0. The maximum absolute atomic E-state index is 13.0. The minimum atomic E-state index is -3.09. The molecule has 0 saturated heterocycles. The van der Waals surface area contributed by atoms with Crippen molar-refractivity contribution in [3.63, 3.8) is 0 Å². The van der Waals surface area contributed by atoms with E-state index in [1.807, 2.05) is 40.7 Å². The lowest BCUT2D eigenvalue weighted by Gasteiger charge is -2.38. The lowest BCUT2D eigenvalue weighted by atomic mass is 10.3. The second kappa shape index (κ2) is 8.99. The third-order valence-corrected chi connectivity index (χ3v) is 5.72. The van der Waals surface area contributed by atoms with Crippen molar-refractivity contribution in [3.05, 3.63) is 12.2 Å². The van der Waals surface area contributed by atoms with Crippen molar-refractivity contribution in [2.45, 2.75) is 60.7 Å². The van der Waals surface area contributed by atoms with Crippen molar-refractivity contribution in [1.82, 2.24) is 0 Å². The van der Waals surface area contributed by atoms with Gasteiger partial charge in [0.25, 0.3) is 0 Å². The van der Waals surface area contributed by atoms with Crippen molar-refractivity contribution in [2.75, 3.05) is 25.9 Å². The second-order valence-electron chi connectivity index (χ2n) is 5.79. The van der Waals surface area contributed by atoms with E-state index < -0.39 is 7.60 Å². The number of likely N-dealkylation sites (N-methyl/N-ethyl adjacent to an activating group) is 1. The van der Waals surface area contributed by atoms with E-state index in [2.05, 4.69) is 19.9 Å². The van der Waals surface area contributed by atoms with E-state index in [-0.39, 0.29) is 12.2 Å².